The molecule has 5 heteroatoms. The zero-order valence-corrected chi connectivity index (χ0v) is 13.1. The molecule has 16 heavy (non-hydrogen) atoms. The van der Waals surface area contributed by atoms with E-state index in [1.807, 2.05) is 0 Å². The van der Waals surface area contributed by atoms with Crippen LogP contribution in [-0.2, 0) is 8.85 Å². The molecule has 1 aliphatic rings. The highest BCUT2D eigenvalue weighted by atomic mass is 28.4. The van der Waals surface area contributed by atoms with Crippen LogP contribution in [0.1, 0.15) is 32.1 Å². The lowest BCUT2D eigenvalue weighted by molar-refractivity contribution is -0.141. The predicted molar refractivity (Wildman–Crippen MR) is 70.3 cm³/mol. The van der Waals surface area contributed by atoms with E-state index in [2.05, 4.69) is 25.7 Å². The molecule has 1 atom stereocenters. The fourth-order valence-corrected chi connectivity index (χ4v) is 5.83. The highest BCUT2D eigenvalue weighted by molar-refractivity contribution is 6.71. The lowest BCUT2D eigenvalue weighted by atomic mass is 10.0. The maximum absolute atomic E-state index is 8.60. The van der Waals surface area contributed by atoms with Crippen LogP contribution in [0.2, 0.25) is 25.7 Å². The molecule has 0 aromatic carbocycles. The van der Waals surface area contributed by atoms with Gasteiger partial charge in [0.05, 0.1) is 6.07 Å². The summed E-state index contributed by atoms with van der Waals surface area (Å²) in [6.07, 6.45) is 4.66. The highest BCUT2D eigenvalue weighted by Gasteiger charge is 2.41. The highest BCUT2D eigenvalue weighted by Crippen LogP contribution is 2.37. The van der Waals surface area contributed by atoms with Gasteiger partial charge in [-0.15, -0.1) is 0 Å². The van der Waals surface area contributed by atoms with Gasteiger partial charge in [-0.3, -0.25) is 0 Å². The summed E-state index contributed by atoms with van der Waals surface area (Å²) in [5.41, 5.74) is 0. The second-order valence-electron chi connectivity index (χ2n) is 5.07. The van der Waals surface area contributed by atoms with Crippen LogP contribution in [-0.4, -0.2) is 23.9 Å². The summed E-state index contributed by atoms with van der Waals surface area (Å²) in [7, 11) is -1.97. The monoisotopic (exact) mass is 257 g/mol. The Balaban J connectivity index is 2.60. The normalized spacial score (nSPS) is 29.4. The quantitative estimate of drug-likeness (QED) is 0.561. The zero-order chi connectivity index (χ0) is 12.1. The minimum atomic E-state index is -1.51. The third-order valence-corrected chi connectivity index (χ3v) is 6.35. The summed E-state index contributed by atoms with van der Waals surface area (Å²) in [5, 5.41) is 8.60. The Hall–Kier alpha value is -0.156. The molecule has 0 saturated carbocycles. The van der Waals surface area contributed by atoms with Gasteiger partial charge in [0, 0.05) is 12.8 Å². The number of hydrogen-bond acceptors (Lipinski definition) is 3. The number of rotatable bonds is 5. The van der Waals surface area contributed by atoms with E-state index in [1.165, 1.54) is 12.5 Å². The number of nitrogens with zero attached hydrogens (tertiary/aromatic N) is 1. The molecule has 1 unspecified atom stereocenters. The Bertz CT molecular complexity index is 261. The van der Waals surface area contributed by atoms with E-state index in [9.17, 15) is 0 Å². The van der Waals surface area contributed by atoms with Crippen molar-refractivity contribution in [2.24, 2.45) is 0 Å². The first-order valence-corrected chi connectivity index (χ1v) is 11.4. The molecule has 0 aromatic rings. The van der Waals surface area contributed by atoms with Gasteiger partial charge in [-0.05, 0) is 38.4 Å². The van der Waals surface area contributed by atoms with Crippen LogP contribution in [0.15, 0.2) is 0 Å². The summed E-state index contributed by atoms with van der Waals surface area (Å²) >= 11 is 0. The van der Waals surface area contributed by atoms with Gasteiger partial charge in [0.2, 0.25) is 0 Å². The van der Waals surface area contributed by atoms with Crippen LogP contribution in [0.25, 0.3) is 0 Å². The number of hydrogen-bond donors (Lipinski definition) is 0. The first-order valence-electron chi connectivity index (χ1n) is 6.25. The minimum absolute atomic E-state index is 0.314. The van der Waals surface area contributed by atoms with Gasteiger partial charge in [-0.2, -0.15) is 5.26 Å². The maximum Gasteiger partial charge on any atom is 0.190 e. The van der Waals surface area contributed by atoms with Crippen molar-refractivity contribution < 1.29 is 8.85 Å². The molecule has 1 heterocycles. The van der Waals surface area contributed by atoms with Crippen LogP contribution in [0.5, 0.6) is 0 Å². The summed E-state index contributed by atoms with van der Waals surface area (Å²) < 4.78 is 12.3. The molecule has 0 amide bonds. The average Bonchev–Trinajstić information content (AvgIpc) is 2.17. The van der Waals surface area contributed by atoms with Crippen molar-refractivity contribution in [1.29, 1.82) is 5.26 Å². The molecule has 1 fully saturated rings. The van der Waals surface area contributed by atoms with Gasteiger partial charge in [-0.1, -0.05) is 6.55 Å². The molecular weight excluding hydrogens is 234 g/mol. The molecule has 1 aliphatic heterocycles. The molecule has 0 aromatic heterocycles. The van der Waals surface area contributed by atoms with Gasteiger partial charge in [0.15, 0.2) is 18.1 Å². The van der Waals surface area contributed by atoms with Gasteiger partial charge in [0.1, 0.15) is 5.79 Å². The lowest BCUT2D eigenvalue weighted by Crippen LogP contribution is -2.50. The first-order chi connectivity index (χ1) is 7.54. The van der Waals surface area contributed by atoms with Gasteiger partial charge < -0.3 is 8.85 Å². The Morgan fingerprint density at radius 2 is 2.31 bits per heavy atom. The van der Waals surface area contributed by atoms with E-state index in [0.717, 1.165) is 19.3 Å². The zero-order valence-electron chi connectivity index (χ0n) is 10.7. The van der Waals surface area contributed by atoms with Crippen LogP contribution in [0, 0.1) is 11.3 Å². The van der Waals surface area contributed by atoms with Crippen molar-refractivity contribution in [2.45, 2.75) is 63.6 Å². The van der Waals surface area contributed by atoms with Crippen LogP contribution in [0.3, 0.4) is 0 Å². The molecule has 0 spiro atoms. The Morgan fingerprint density at radius 3 is 2.88 bits per heavy atom. The molecule has 92 valence electrons. The maximum atomic E-state index is 8.60. The SMILES string of the molecule is C[SiH2]OC1(CCCC#N)CCC[Si](C)(C)O1. The second-order valence-corrected chi connectivity index (χ2v) is 10.2. The molecule has 3 nitrogen and oxygen atoms in total. The van der Waals surface area contributed by atoms with E-state index >= 15 is 0 Å². The molecule has 0 bridgehead atoms. The summed E-state index contributed by atoms with van der Waals surface area (Å²) in [6.45, 7) is 6.69. The Kier molecular flexibility index (Phi) is 5.18. The van der Waals surface area contributed by atoms with Crippen molar-refractivity contribution >= 4 is 18.1 Å². The molecule has 0 aliphatic carbocycles. The number of nitriles is 1. The molecule has 0 radical (unpaired) electrons. The van der Waals surface area contributed by atoms with Crippen molar-refractivity contribution in [2.75, 3.05) is 0 Å². The fourth-order valence-electron chi connectivity index (χ4n) is 2.44. The average molecular weight is 257 g/mol. The molecular formula is C11H23NO2Si2. The van der Waals surface area contributed by atoms with Crippen molar-refractivity contribution in [3.8, 4) is 6.07 Å². The van der Waals surface area contributed by atoms with E-state index in [-0.39, 0.29) is 5.79 Å². The van der Waals surface area contributed by atoms with E-state index in [4.69, 9.17) is 14.1 Å². The number of unbranched alkanes of at least 4 members (excludes halogenated alkanes) is 1. The van der Waals surface area contributed by atoms with Gasteiger partial charge in [-0.25, -0.2) is 0 Å². The Morgan fingerprint density at radius 1 is 1.56 bits per heavy atom. The van der Waals surface area contributed by atoms with Crippen LogP contribution in [0.4, 0.5) is 0 Å². The minimum Gasteiger partial charge on any atom is -0.398 e. The second kappa shape index (κ2) is 5.96. The third kappa shape index (κ3) is 4.02. The fraction of sp³-hybridized carbons (Fsp3) is 0.909. The van der Waals surface area contributed by atoms with Crippen molar-refractivity contribution in [3.05, 3.63) is 0 Å². The van der Waals surface area contributed by atoms with E-state index < -0.39 is 18.1 Å². The summed E-state index contributed by atoms with van der Waals surface area (Å²) in [6, 6.07) is 3.44. The summed E-state index contributed by atoms with van der Waals surface area (Å²) in [5.74, 6) is -0.314. The largest absolute Gasteiger partial charge is 0.398 e. The molecule has 1 rings (SSSR count). The van der Waals surface area contributed by atoms with Crippen LogP contribution < -0.4 is 0 Å². The van der Waals surface area contributed by atoms with E-state index in [1.54, 1.807) is 0 Å². The molecule has 0 N–H and O–H groups in total. The first kappa shape index (κ1) is 13.9. The Labute approximate surface area is 102 Å². The lowest BCUT2D eigenvalue weighted by Gasteiger charge is -2.44. The predicted octanol–water partition coefficient (Wildman–Crippen LogP) is 2.54. The smallest absolute Gasteiger partial charge is 0.190 e. The van der Waals surface area contributed by atoms with Crippen molar-refractivity contribution in [1.82, 2.24) is 0 Å². The van der Waals surface area contributed by atoms with Gasteiger partial charge in [0.25, 0.3) is 0 Å². The topological polar surface area (TPSA) is 42.2 Å². The van der Waals surface area contributed by atoms with Crippen LogP contribution >= 0.6 is 0 Å². The van der Waals surface area contributed by atoms with Crippen molar-refractivity contribution in [3.63, 3.8) is 0 Å². The standard InChI is InChI=1S/C11H23NO2Si2/c1-15-13-11(7-4-5-9-12)8-6-10-16(2,3)14-11/h4-8,10,15H2,1-3H3. The molecule has 1 saturated heterocycles. The van der Waals surface area contributed by atoms with Gasteiger partial charge >= 0.3 is 0 Å². The van der Waals surface area contributed by atoms with E-state index in [0.29, 0.717) is 6.42 Å². The third-order valence-electron chi connectivity index (χ3n) is 3.05. The summed E-state index contributed by atoms with van der Waals surface area (Å²) in [4.78, 5) is 0.